The molecule has 0 aromatic heterocycles. The Morgan fingerprint density at radius 1 is 0.200 bits per heavy atom. The lowest BCUT2D eigenvalue weighted by Gasteiger charge is -2.19. The van der Waals surface area contributed by atoms with E-state index in [0.717, 1.165) is 33.4 Å². The molecular formula is C69H60S. The zero-order valence-electron chi connectivity index (χ0n) is 41.7. The molecule has 0 aliphatic heterocycles. The van der Waals surface area contributed by atoms with Crippen LogP contribution in [0.5, 0.6) is 0 Å². The maximum atomic E-state index is 5.65. The zero-order chi connectivity index (χ0) is 48.6. The summed E-state index contributed by atoms with van der Waals surface area (Å²) in [6, 6.07) is 77.6. The molecule has 0 fully saturated rings. The van der Waals surface area contributed by atoms with Crippen LogP contribution in [-0.4, -0.2) is 0 Å². The molecule has 342 valence electrons. The number of hydrogen-bond donors (Lipinski definition) is 1. The number of aryl methyl sites for hydroxylation is 8. The van der Waals surface area contributed by atoms with Crippen molar-refractivity contribution in [3.63, 3.8) is 0 Å². The summed E-state index contributed by atoms with van der Waals surface area (Å²) in [5, 5.41) is -0.243. The first-order valence-electron chi connectivity index (χ1n) is 24.5. The maximum absolute atomic E-state index is 5.65. The lowest BCUT2D eigenvalue weighted by molar-refractivity contribution is 1.17. The van der Waals surface area contributed by atoms with Crippen LogP contribution < -0.4 is 0 Å². The molecule has 0 spiro atoms. The Kier molecular flexibility index (Phi) is 12.9. The van der Waals surface area contributed by atoms with Crippen molar-refractivity contribution in [3.8, 4) is 89.0 Å². The van der Waals surface area contributed by atoms with Crippen LogP contribution in [0.15, 0.2) is 206 Å². The number of benzene rings is 10. The van der Waals surface area contributed by atoms with Gasteiger partial charge >= 0.3 is 0 Å². The second kappa shape index (κ2) is 19.5. The maximum Gasteiger partial charge on any atom is 0.0517 e. The van der Waals surface area contributed by atoms with Crippen LogP contribution in [-0.2, 0) is 0 Å². The molecule has 0 N–H and O–H groups in total. The average molecular weight is 921 g/mol. The van der Waals surface area contributed by atoms with E-state index in [1.807, 2.05) is 0 Å². The molecule has 0 atom stereocenters. The first-order valence-corrected chi connectivity index (χ1v) is 25.0. The molecule has 10 rings (SSSR count). The van der Waals surface area contributed by atoms with Crippen LogP contribution in [0.3, 0.4) is 0 Å². The molecule has 0 unspecified atom stereocenters. The normalized spacial score (nSPS) is 11.3. The van der Waals surface area contributed by atoms with Gasteiger partial charge in [-0.25, -0.2) is 0 Å². The SMILES string of the molecule is Cc1cc(C)cc(-c2cccc(-c3cc(-c4cccc(-c5cc(C)cc(C)c5)c4)cc(C(S)c4cc(-c5cccc(-c6cc(C)cc(C)c6)c5)cc(-c5cccc(-c6cc(C)cc(C)c6)c5)c4)c3)c2)c1. The Bertz CT molecular complexity index is 3060. The summed E-state index contributed by atoms with van der Waals surface area (Å²) in [4.78, 5) is 0. The minimum absolute atomic E-state index is 0.243. The van der Waals surface area contributed by atoms with Crippen LogP contribution in [0.25, 0.3) is 89.0 Å². The molecule has 0 bridgehead atoms. The molecule has 0 saturated heterocycles. The van der Waals surface area contributed by atoms with Crippen LogP contribution in [0, 0.1) is 55.4 Å². The van der Waals surface area contributed by atoms with E-state index in [9.17, 15) is 0 Å². The van der Waals surface area contributed by atoms with Crippen LogP contribution >= 0.6 is 12.6 Å². The molecule has 0 radical (unpaired) electrons. The van der Waals surface area contributed by atoms with Gasteiger partial charge < -0.3 is 0 Å². The molecule has 0 saturated carbocycles. The minimum atomic E-state index is -0.243. The van der Waals surface area contributed by atoms with Gasteiger partial charge in [-0.3, -0.25) is 0 Å². The van der Waals surface area contributed by atoms with Gasteiger partial charge in [0.1, 0.15) is 0 Å². The van der Waals surface area contributed by atoms with Crippen molar-refractivity contribution in [2.45, 2.75) is 60.6 Å². The quantitative estimate of drug-likeness (QED) is 0.130. The Labute approximate surface area is 421 Å². The van der Waals surface area contributed by atoms with Crippen molar-refractivity contribution >= 4 is 12.6 Å². The fourth-order valence-corrected chi connectivity index (χ4v) is 10.9. The Morgan fingerprint density at radius 3 is 0.543 bits per heavy atom. The van der Waals surface area contributed by atoms with Crippen molar-refractivity contribution in [2.24, 2.45) is 0 Å². The second-order valence-electron chi connectivity index (χ2n) is 19.9. The van der Waals surface area contributed by atoms with Crippen LogP contribution in [0.2, 0.25) is 0 Å². The second-order valence-corrected chi connectivity index (χ2v) is 20.4. The van der Waals surface area contributed by atoms with Crippen molar-refractivity contribution in [2.75, 3.05) is 0 Å². The molecule has 0 aliphatic rings. The van der Waals surface area contributed by atoms with E-state index >= 15 is 0 Å². The highest BCUT2D eigenvalue weighted by Gasteiger charge is 2.18. The molecule has 1 heteroatoms. The third kappa shape index (κ3) is 10.3. The number of thiol groups is 1. The molecule has 0 amide bonds. The highest BCUT2D eigenvalue weighted by atomic mass is 32.1. The molecule has 70 heavy (non-hydrogen) atoms. The summed E-state index contributed by atoms with van der Waals surface area (Å²) in [5.74, 6) is 0. The summed E-state index contributed by atoms with van der Waals surface area (Å²) in [7, 11) is 0. The highest BCUT2D eigenvalue weighted by molar-refractivity contribution is 7.80. The molecular weight excluding hydrogens is 861 g/mol. The first-order chi connectivity index (χ1) is 33.8. The van der Waals surface area contributed by atoms with Gasteiger partial charge in [-0.2, -0.15) is 12.6 Å². The molecule has 0 nitrogen and oxygen atoms in total. The van der Waals surface area contributed by atoms with Gasteiger partial charge in [-0.1, -0.05) is 190 Å². The van der Waals surface area contributed by atoms with E-state index in [-0.39, 0.29) is 5.25 Å². The minimum Gasteiger partial charge on any atom is -0.166 e. The van der Waals surface area contributed by atoms with Crippen molar-refractivity contribution in [1.82, 2.24) is 0 Å². The van der Waals surface area contributed by atoms with E-state index in [4.69, 9.17) is 12.6 Å². The van der Waals surface area contributed by atoms with Crippen molar-refractivity contribution in [1.29, 1.82) is 0 Å². The standard InChI is InChI=1S/C69H60S/c1-43-21-44(2)26-59(25-43)51-13-9-17-55(33-51)63-37-64(56-18-10-14-52(34-56)60-27-45(3)22-46(4)28-60)40-67(39-63)69(70)68-41-65(57-19-11-15-53(35-57)61-29-47(5)23-48(6)30-61)38-66(42-68)58-20-12-16-54(36-58)62-31-49(7)24-50(8)32-62/h9-42,69-70H,1-8H3. The van der Waals surface area contributed by atoms with Gasteiger partial charge in [0.2, 0.25) is 0 Å². The van der Waals surface area contributed by atoms with Gasteiger partial charge in [-0.15, -0.1) is 0 Å². The van der Waals surface area contributed by atoms with Crippen LogP contribution in [0.4, 0.5) is 0 Å². The lowest BCUT2D eigenvalue weighted by Crippen LogP contribution is -1.98. The van der Waals surface area contributed by atoms with Gasteiger partial charge in [-0.05, 0) is 216 Å². The molecule has 0 heterocycles. The van der Waals surface area contributed by atoms with E-state index in [2.05, 4.69) is 262 Å². The summed E-state index contributed by atoms with van der Waals surface area (Å²) < 4.78 is 0. The molecule has 0 aliphatic carbocycles. The largest absolute Gasteiger partial charge is 0.166 e. The van der Waals surface area contributed by atoms with Gasteiger partial charge in [0.05, 0.1) is 5.25 Å². The predicted octanol–water partition coefficient (Wildman–Crippen LogP) is 19.5. The molecule has 10 aromatic rings. The van der Waals surface area contributed by atoms with Crippen molar-refractivity contribution in [3.05, 3.63) is 262 Å². The summed E-state index contributed by atoms with van der Waals surface area (Å²) in [5.41, 5.74) is 31.5. The fraction of sp³-hybridized carbons (Fsp3) is 0.130. The fourth-order valence-electron chi connectivity index (χ4n) is 10.6. The lowest BCUT2D eigenvalue weighted by atomic mass is 9.88. The van der Waals surface area contributed by atoms with Crippen molar-refractivity contribution < 1.29 is 0 Å². The monoisotopic (exact) mass is 920 g/mol. The Balaban J connectivity index is 1.15. The van der Waals surface area contributed by atoms with E-state index in [1.165, 1.54) is 111 Å². The number of rotatable bonds is 10. The van der Waals surface area contributed by atoms with Gasteiger partial charge in [0.15, 0.2) is 0 Å². The van der Waals surface area contributed by atoms with E-state index in [1.54, 1.807) is 0 Å². The number of hydrogen-bond acceptors (Lipinski definition) is 1. The van der Waals surface area contributed by atoms with Crippen LogP contribution in [0.1, 0.15) is 60.9 Å². The smallest absolute Gasteiger partial charge is 0.0517 e. The summed E-state index contributed by atoms with van der Waals surface area (Å²) in [6.07, 6.45) is 0. The first kappa shape index (κ1) is 46.3. The van der Waals surface area contributed by atoms with Gasteiger partial charge in [0.25, 0.3) is 0 Å². The third-order valence-corrected chi connectivity index (χ3v) is 14.1. The van der Waals surface area contributed by atoms with E-state index in [0.29, 0.717) is 0 Å². The van der Waals surface area contributed by atoms with E-state index < -0.39 is 0 Å². The Morgan fingerprint density at radius 2 is 0.357 bits per heavy atom. The predicted molar refractivity (Wildman–Crippen MR) is 305 cm³/mol. The highest BCUT2D eigenvalue weighted by Crippen LogP contribution is 2.41. The topological polar surface area (TPSA) is 0 Å². The summed E-state index contributed by atoms with van der Waals surface area (Å²) in [6.45, 7) is 17.4. The average Bonchev–Trinajstić information content (AvgIpc) is 3.35. The Hall–Kier alpha value is -7.45. The molecule has 10 aromatic carbocycles. The zero-order valence-corrected chi connectivity index (χ0v) is 42.5. The van der Waals surface area contributed by atoms with Gasteiger partial charge in [0, 0.05) is 0 Å². The third-order valence-electron chi connectivity index (χ3n) is 13.5. The summed E-state index contributed by atoms with van der Waals surface area (Å²) >= 11 is 5.65.